The molecule has 0 unspecified atom stereocenters. The first-order valence-corrected chi connectivity index (χ1v) is 9.15. The van der Waals surface area contributed by atoms with Crippen molar-refractivity contribution in [2.75, 3.05) is 6.54 Å². The van der Waals surface area contributed by atoms with Gasteiger partial charge in [0.1, 0.15) is 5.82 Å². The van der Waals surface area contributed by atoms with E-state index in [9.17, 15) is 14.0 Å². The molecule has 0 atom stereocenters. The predicted molar refractivity (Wildman–Crippen MR) is 105 cm³/mol. The van der Waals surface area contributed by atoms with Crippen LogP contribution in [0.1, 0.15) is 29.5 Å². The van der Waals surface area contributed by atoms with Crippen LogP contribution in [0, 0.1) is 12.7 Å². The number of fused-ring (bicyclic) bond motifs is 1. The molecule has 0 bridgehead atoms. The largest absolute Gasteiger partial charge is 0.356 e. The smallest absolute Gasteiger partial charge is 0.251 e. The van der Waals surface area contributed by atoms with Crippen LogP contribution in [0.3, 0.4) is 0 Å². The Balaban J connectivity index is 1.47. The zero-order chi connectivity index (χ0) is 19.2. The second-order valence-electron chi connectivity index (χ2n) is 6.79. The fraction of sp³-hybridized carbons (Fsp3) is 0.273. The summed E-state index contributed by atoms with van der Waals surface area (Å²) in [4.78, 5) is 27.0. The highest BCUT2D eigenvalue weighted by Gasteiger charge is 2.06. The summed E-state index contributed by atoms with van der Waals surface area (Å²) in [6.45, 7) is 2.44. The number of carbonyl (C=O) groups excluding carboxylic acids is 1. The van der Waals surface area contributed by atoms with Crippen molar-refractivity contribution in [3.8, 4) is 0 Å². The topological polar surface area (TPSA) is 62.0 Å². The van der Waals surface area contributed by atoms with Crippen LogP contribution in [-0.2, 0) is 17.6 Å². The molecular weight excluding hydrogens is 343 g/mol. The van der Waals surface area contributed by atoms with E-state index in [0.29, 0.717) is 31.4 Å². The van der Waals surface area contributed by atoms with E-state index in [1.807, 2.05) is 31.2 Å². The molecule has 0 fully saturated rings. The number of aromatic nitrogens is 1. The number of hydrogen-bond acceptors (Lipinski definition) is 2. The fourth-order valence-electron chi connectivity index (χ4n) is 3.09. The van der Waals surface area contributed by atoms with Crippen molar-refractivity contribution >= 4 is 16.8 Å². The first kappa shape index (κ1) is 18.8. The molecule has 0 radical (unpaired) electrons. The van der Waals surface area contributed by atoms with Crippen molar-refractivity contribution in [1.82, 2.24) is 10.3 Å². The molecule has 3 rings (SSSR count). The van der Waals surface area contributed by atoms with E-state index < -0.39 is 0 Å². The van der Waals surface area contributed by atoms with Gasteiger partial charge in [-0.15, -0.1) is 0 Å². The van der Waals surface area contributed by atoms with E-state index in [4.69, 9.17) is 0 Å². The lowest BCUT2D eigenvalue weighted by Gasteiger charge is -2.07. The molecule has 0 aliphatic carbocycles. The minimum Gasteiger partial charge on any atom is -0.356 e. The van der Waals surface area contributed by atoms with Gasteiger partial charge in [-0.3, -0.25) is 9.59 Å². The Labute approximate surface area is 157 Å². The van der Waals surface area contributed by atoms with Gasteiger partial charge in [-0.05, 0) is 67.5 Å². The second kappa shape index (κ2) is 8.62. The number of aryl methyl sites for hydroxylation is 2. The Kier molecular flexibility index (Phi) is 6.01. The molecule has 2 aromatic carbocycles. The highest BCUT2D eigenvalue weighted by atomic mass is 19.1. The number of hydrogen-bond donors (Lipinski definition) is 2. The van der Waals surface area contributed by atoms with Crippen LogP contribution in [0.5, 0.6) is 0 Å². The van der Waals surface area contributed by atoms with E-state index in [0.717, 1.165) is 28.5 Å². The van der Waals surface area contributed by atoms with Crippen LogP contribution in [0.2, 0.25) is 0 Å². The van der Waals surface area contributed by atoms with E-state index in [-0.39, 0.29) is 17.3 Å². The molecular formula is C22H23FN2O2. The van der Waals surface area contributed by atoms with Gasteiger partial charge in [0.05, 0.1) is 0 Å². The molecule has 140 valence electrons. The van der Waals surface area contributed by atoms with Crippen molar-refractivity contribution < 1.29 is 9.18 Å². The van der Waals surface area contributed by atoms with Crippen molar-refractivity contribution in [3.63, 3.8) is 0 Å². The molecule has 0 spiro atoms. The molecule has 3 aromatic rings. The maximum Gasteiger partial charge on any atom is 0.251 e. The Morgan fingerprint density at radius 3 is 2.63 bits per heavy atom. The van der Waals surface area contributed by atoms with Crippen molar-refractivity contribution in [2.45, 2.75) is 32.6 Å². The number of halogens is 1. The fourth-order valence-corrected chi connectivity index (χ4v) is 3.09. The average Bonchev–Trinajstić information content (AvgIpc) is 2.64. The quantitative estimate of drug-likeness (QED) is 0.670. The molecule has 4 nitrogen and oxygen atoms in total. The summed E-state index contributed by atoms with van der Waals surface area (Å²) in [6.07, 6.45) is 2.33. The van der Waals surface area contributed by atoms with Gasteiger partial charge in [0, 0.05) is 24.0 Å². The normalized spacial score (nSPS) is 10.9. The van der Waals surface area contributed by atoms with Crippen LogP contribution in [0.15, 0.2) is 53.3 Å². The van der Waals surface area contributed by atoms with Crippen LogP contribution in [0.25, 0.3) is 10.9 Å². The molecule has 1 amide bonds. The SMILES string of the molecule is Cc1ccc2[nH]c(=O)c(CCNC(=O)CCCc3ccc(F)cc3)cc2c1. The number of nitrogens with one attached hydrogen (secondary N) is 2. The van der Waals surface area contributed by atoms with Gasteiger partial charge in [-0.25, -0.2) is 4.39 Å². The monoisotopic (exact) mass is 366 g/mol. The Hall–Kier alpha value is -2.95. The molecule has 2 N–H and O–H groups in total. The van der Waals surface area contributed by atoms with Gasteiger partial charge < -0.3 is 10.3 Å². The molecule has 5 heteroatoms. The summed E-state index contributed by atoms with van der Waals surface area (Å²) < 4.78 is 12.9. The summed E-state index contributed by atoms with van der Waals surface area (Å²) in [5.41, 5.74) is 3.52. The Bertz CT molecular complexity index is 993. The van der Waals surface area contributed by atoms with Gasteiger partial charge in [-0.1, -0.05) is 23.8 Å². The molecule has 1 heterocycles. The van der Waals surface area contributed by atoms with E-state index in [2.05, 4.69) is 10.3 Å². The minimum atomic E-state index is -0.254. The summed E-state index contributed by atoms with van der Waals surface area (Å²) in [5, 5.41) is 3.86. The maximum absolute atomic E-state index is 12.9. The number of amides is 1. The Morgan fingerprint density at radius 1 is 1.07 bits per heavy atom. The third-order valence-electron chi connectivity index (χ3n) is 4.58. The van der Waals surface area contributed by atoms with E-state index >= 15 is 0 Å². The second-order valence-corrected chi connectivity index (χ2v) is 6.79. The third-order valence-corrected chi connectivity index (χ3v) is 4.58. The number of aromatic amines is 1. The number of H-pyrrole nitrogens is 1. The van der Waals surface area contributed by atoms with Crippen molar-refractivity contribution in [1.29, 1.82) is 0 Å². The molecule has 1 aromatic heterocycles. The van der Waals surface area contributed by atoms with Gasteiger partial charge >= 0.3 is 0 Å². The van der Waals surface area contributed by atoms with E-state index in [1.54, 1.807) is 12.1 Å². The lowest BCUT2D eigenvalue weighted by atomic mass is 10.1. The van der Waals surface area contributed by atoms with Crippen molar-refractivity contribution in [2.24, 2.45) is 0 Å². The van der Waals surface area contributed by atoms with Gasteiger partial charge in [0.25, 0.3) is 5.56 Å². The first-order chi connectivity index (χ1) is 13.0. The van der Waals surface area contributed by atoms with Crippen LogP contribution < -0.4 is 10.9 Å². The minimum absolute atomic E-state index is 0.0369. The van der Waals surface area contributed by atoms with Gasteiger partial charge in [-0.2, -0.15) is 0 Å². The molecule has 0 aliphatic heterocycles. The van der Waals surface area contributed by atoms with Crippen molar-refractivity contribution in [3.05, 3.63) is 81.4 Å². The number of pyridine rings is 1. The van der Waals surface area contributed by atoms with Crippen LogP contribution >= 0.6 is 0 Å². The summed E-state index contributed by atoms with van der Waals surface area (Å²) in [5.74, 6) is -0.291. The van der Waals surface area contributed by atoms with Crippen LogP contribution in [-0.4, -0.2) is 17.4 Å². The van der Waals surface area contributed by atoms with Gasteiger partial charge in [0.2, 0.25) is 5.91 Å². The summed E-state index contributed by atoms with van der Waals surface area (Å²) in [6, 6.07) is 14.1. The predicted octanol–water partition coefficient (Wildman–Crippen LogP) is 3.66. The molecule has 0 saturated heterocycles. The molecule has 27 heavy (non-hydrogen) atoms. The standard InChI is InChI=1S/C22H23FN2O2/c1-15-5-10-20-18(13-15)14-17(22(27)25-20)11-12-24-21(26)4-2-3-16-6-8-19(23)9-7-16/h5-10,13-14H,2-4,11-12H2,1H3,(H,24,26)(H,25,27). The number of rotatable bonds is 7. The number of carbonyl (C=O) groups is 1. The average molecular weight is 366 g/mol. The third kappa shape index (κ3) is 5.26. The lowest BCUT2D eigenvalue weighted by molar-refractivity contribution is -0.121. The summed E-state index contributed by atoms with van der Waals surface area (Å²) >= 11 is 0. The molecule has 0 aliphatic rings. The first-order valence-electron chi connectivity index (χ1n) is 9.15. The highest BCUT2D eigenvalue weighted by molar-refractivity contribution is 5.79. The summed E-state index contributed by atoms with van der Waals surface area (Å²) in [7, 11) is 0. The zero-order valence-electron chi connectivity index (χ0n) is 15.3. The van der Waals surface area contributed by atoms with Gasteiger partial charge in [0.15, 0.2) is 0 Å². The van der Waals surface area contributed by atoms with Crippen LogP contribution in [0.4, 0.5) is 4.39 Å². The lowest BCUT2D eigenvalue weighted by Crippen LogP contribution is -2.27. The highest BCUT2D eigenvalue weighted by Crippen LogP contribution is 2.13. The Morgan fingerprint density at radius 2 is 1.85 bits per heavy atom. The number of benzene rings is 2. The van der Waals surface area contributed by atoms with E-state index in [1.165, 1.54) is 12.1 Å². The molecule has 0 saturated carbocycles. The maximum atomic E-state index is 12.9. The zero-order valence-corrected chi connectivity index (χ0v) is 15.3.